The van der Waals surface area contributed by atoms with Gasteiger partial charge in [0, 0.05) is 23.7 Å². The molecule has 0 amide bonds. The number of benzene rings is 1. The monoisotopic (exact) mass is 420 g/mol. The van der Waals surface area contributed by atoms with E-state index in [1.807, 2.05) is 32.0 Å². The van der Waals surface area contributed by atoms with Gasteiger partial charge in [0.05, 0.1) is 29.3 Å². The van der Waals surface area contributed by atoms with Crippen molar-refractivity contribution in [3.8, 4) is 5.75 Å². The van der Waals surface area contributed by atoms with E-state index in [1.165, 1.54) is 0 Å². The van der Waals surface area contributed by atoms with Crippen LogP contribution in [0.4, 0.5) is 0 Å². The first-order valence-corrected chi connectivity index (χ1v) is 9.92. The summed E-state index contributed by atoms with van der Waals surface area (Å²) < 4.78 is 7.82. The molecule has 3 unspecified atom stereocenters. The summed E-state index contributed by atoms with van der Waals surface area (Å²) in [6.07, 6.45) is 2.99. The van der Waals surface area contributed by atoms with Crippen LogP contribution in [0, 0.1) is 6.92 Å². The smallest absolute Gasteiger partial charge is 0.130 e. The maximum absolute atomic E-state index is 11.2. The lowest BCUT2D eigenvalue weighted by Gasteiger charge is -2.43. The lowest BCUT2D eigenvalue weighted by molar-refractivity contribution is -0.0813. The minimum absolute atomic E-state index is 0.331. The molecule has 28 heavy (non-hydrogen) atoms. The van der Waals surface area contributed by atoms with Crippen molar-refractivity contribution >= 4 is 34.1 Å². The number of fused-ring (bicyclic) bond motifs is 2. The van der Waals surface area contributed by atoms with Crippen LogP contribution in [0.5, 0.6) is 5.75 Å². The molecule has 0 saturated heterocycles. The van der Waals surface area contributed by atoms with Gasteiger partial charge in [-0.15, -0.1) is 0 Å². The van der Waals surface area contributed by atoms with Gasteiger partial charge < -0.3 is 15.2 Å². The predicted molar refractivity (Wildman–Crippen MR) is 110 cm³/mol. The number of hydrogen-bond donors (Lipinski definition) is 2. The third-order valence-corrected chi connectivity index (χ3v) is 5.82. The molecule has 0 fully saturated rings. The van der Waals surface area contributed by atoms with E-state index in [9.17, 15) is 5.11 Å². The maximum atomic E-state index is 11.2. The Kier molecular flexibility index (Phi) is 5.00. The number of aryl methyl sites for hydroxylation is 1. The minimum Gasteiger partial charge on any atom is -0.487 e. The Hall–Kier alpha value is -1.86. The zero-order chi connectivity index (χ0) is 20.1. The van der Waals surface area contributed by atoms with Crippen molar-refractivity contribution < 1.29 is 9.84 Å². The third kappa shape index (κ3) is 3.46. The summed E-state index contributed by atoms with van der Waals surface area (Å²) in [4.78, 5) is 4.45. The van der Waals surface area contributed by atoms with Gasteiger partial charge in [-0.3, -0.25) is 4.68 Å². The molecule has 2 N–H and O–H groups in total. The molecule has 6 nitrogen and oxygen atoms in total. The van der Waals surface area contributed by atoms with Crippen molar-refractivity contribution in [2.45, 2.75) is 45.1 Å². The van der Waals surface area contributed by atoms with Crippen molar-refractivity contribution in [1.82, 2.24) is 20.1 Å². The molecule has 2 aromatic heterocycles. The average molecular weight is 421 g/mol. The molecule has 1 aliphatic heterocycles. The average Bonchev–Trinajstić information content (AvgIpc) is 3.03. The number of ether oxygens (including phenoxy) is 1. The molecule has 4 rings (SSSR count). The molecule has 3 heterocycles. The first-order chi connectivity index (χ1) is 13.3. The minimum atomic E-state index is -1.10. The fourth-order valence-corrected chi connectivity index (χ4v) is 4.10. The van der Waals surface area contributed by atoms with E-state index in [-0.39, 0.29) is 12.1 Å². The lowest BCUT2D eigenvalue weighted by Crippen LogP contribution is -2.54. The molecule has 8 heteroatoms. The fourth-order valence-electron chi connectivity index (χ4n) is 3.68. The van der Waals surface area contributed by atoms with Gasteiger partial charge in [0.2, 0.25) is 0 Å². The Bertz CT molecular complexity index is 1030. The number of halogens is 2. The maximum Gasteiger partial charge on any atom is 0.130 e. The molecule has 3 aromatic rings. The largest absolute Gasteiger partial charge is 0.487 e. The number of pyridine rings is 1. The van der Waals surface area contributed by atoms with Gasteiger partial charge in [0.1, 0.15) is 22.6 Å². The Morgan fingerprint density at radius 1 is 1.32 bits per heavy atom. The summed E-state index contributed by atoms with van der Waals surface area (Å²) in [6, 6.07) is 5.44. The summed E-state index contributed by atoms with van der Waals surface area (Å²) in [6.45, 7) is 6.88. The van der Waals surface area contributed by atoms with Crippen LogP contribution in [0.2, 0.25) is 10.2 Å². The molecule has 1 aromatic carbocycles. The van der Waals surface area contributed by atoms with Gasteiger partial charge in [-0.1, -0.05) is 23.2 Å². The topological polar surface area (TPSA) is 72.2 Å². The first kappa shape index (κ1) is 19.5. The second kappa shape index (κ2) is 7.19. The SMILES string of the molecule is Cc1cc(Cl)nc2cc3c(cc12)OC(C)C(C)(O)C3NCCn1cc(Cl)cn1. The van der Waals surface area contributed by atoms with Crippen molar-refractivity contribution in [2.24, 2.45) is 0 Å². The molecule has 0 radical (unpaired) electrons. The second-order valence-electron chi connectivity index (χ2n) is 7.46. The summed E-state index contributed by atoms with van der Waals surface area (Å²) in [5.74, 6) is 0.749. The molecular formula is C20H22Cl2N4O2. The van der Waals surface area contributed by atoms with Gasteiger partial charge in [-0.25, -0.2) is 4.98 Å². The molecular weight excluding hydrogens is 399 g/mol. The second-order valence-corrected chi connectivity index (χ2v) is 8.29. The first-order valence-electron chi connectivity index (χ1n) is 9.17. The molecule has 1 aliphatic rings. The number of aliphatic hydroxyl groups is 1. The van der Waals surface area contributed by atoms with Crippen molar-refractivity contribution in [3.05, 3.63) is 51.9 Å². The number of nitrogens with zero attached hydrogens (tertiary/aromatic N) is 3. The highest BCUT2D eigenvalue weighted by Crippen LogP contribution is 2.43. The van der Waals surface area contributed by atoms with Crippen LogP contribution in [0.25, 0.3) is 10.9 Å². The number of hydrogen-bond acceptors (Lipinski definition) is 5. The van der Waals surface area contributed by atoms with Crippen LogP contribution >= 0.6 is 23.2 Å². The highest BCUT2D eigenvalue weighted by molar-refractivity contribution is 6.30. The highest BCUT2D eigenvalue weighted by Gasteiger charge is 2.45. The van der Waals surface area contributed by atoms with Crippen LogP contribution in [0.3, 0.4) is 0 Å². The third-order valence-electron chi connectivity index (χ3n) is 5.43. The summed E-state index contributed by atoms with van der Waals surface area (Å²) in [5, 5.41) is 20.8. The summed E-state index contributed by atoms with van der Waals surface area (Å²) >= 11 is 12.1. The van der Waals surface area contributed by atoms with Crippen molar-refractivity contribution in [3.63, 3.8) is 0 Å². The predicted octanol–water partition coefficient (Wildman–Crippen LogP) is 3.91. The zero-order valence-electron chi connectivity index (χ0n) is 15.9. The van der Waals surface area contributed by atoms with E-state index in [2.05, 4.69) is 15.4 Å². The molecule has 3 atom stereocenters. The molecule has 0 aliphatic carbocycles. The molecule has 0 saturated carbocycles. The van der Waals surface area contributed by atoms with E-state index in [0.29, 0.717) is 23.3 Å². The normalized spacial score (nSPS) is 24.2. The quantitative estimate of drug-likeness (QED) is 0.625. The Labute approximate surface area is 173 Å². The van der Waals surface area contributed by atoms with E-state index >= 15 is 0 Å². The van der Waals surface area contributed by atoms with E-state index in [0.717, 1.165) is 27.8 Å². The van der Waals surface area contributed by atoms with Gasteiger partial charge in [0.25, 0.3) is 0 Å². The standard InChI is InChI=1S/C20H22Cl2N4O2/c1-11-6-18(22)25-16-7-15-17(8-14(11)16)28-12(2)20(3,27)19(15)23-4-5-26-10-13(21)9-24-26/h6-10,12,19,23,27H,4-5H2,1-3H3. The highest BCUT2D eigenvalue weighted by atomic mass is 35.5. The van der Waals surface area contributed by atoms with Gasteiger partial charge in [-0.2, -0.15) is 5.10 Å². The summed E-state index contributed by atoms with van der Waals surface area (Å²) in [7, 11) is 0. The number of nitrogens with one attached hydrogen (secondary N) is 1. The van der Waals surface area contributed by atoms with E-state index < -0.39 is 5.60 Å². The van der Waals surface area contributed by atoms with E-state index in [1.54, 1.807) is 24.0 Å². The van der Waals surface area contributed by atoms with Crippen molar-refractivity contribution in [2.75, 3.05) is 6.54 Å². The van der Waals surface area contributed by atoms with E-state index in [4.69, 9.17) is 27.9 Å². The Morgan fingerprint density at radius 3 is 2.82 bits per heavy atom. The Morgan fingerprint density at radius 2 is 2.11 bits per heavy atom. The summed E-state index contributed by atoms with van der Waals surface area (Å²) in [5.41, 5.74) is 1.58. The zero-order valence-corrected chi connectivity index (χ0v) is 17.4. The Balaban J connectivity index is 1.69. The number of rotatable bonds is 4. The fraction of sp³-hybridized carbons (Fsp3) is 0.400. The lowest BCUT2D eigenvalue weighted by atomic mass is 9.82. The molecule has 0 spiro atoms. The van der Waals surface area contributed by atoms with Crippen molar-refractivity contribution in [1.29, 1.82) is 0 Å². The van der Waals surface area contributed by atoms with Gasteiger partial charge >= 0.3 is 0 Å². The van der Waals surface area contributed by atoms with Crippen LogP contribution in [-0.4, -0.2) is 38.1 Å². The van der Waals surface area contributed by atoms with Crippen LogP contribution < -0.4 is 10.1 Å². The van der Waals surface area contributed by atoms with Crippen LogP contribution in [-0.2, 0) is 6.54 Å². The molecule has 148 valence electrons. The molecule has 0 bridgehead atoms. The number of aromatic nitrogens is 3. The van der Waals surface area contributed by atoms with Gasteiger partial charge in [0.15, 0.2) is 0 Å². The van der Waals surface area contributed by atoms with Crippen LogP contribution in [0.15, 0.2) is 30.6 Å². The van der Waals surface area contributed by atoms with Gasteiger partial charge in [-0.05, 0) is 44.5 Å². The van der Waals surface area contributed by atoms with Crippen LogP contribution in [0.1, 0.15) is 31.0 Å².